The smallest absolute Gasteiger partial charge is 0.222 e. The summed E-state index contributed by atoms with van der Waals surface area (Å²) in [6, 6.07) is 6.39. The van der Waals surface area contributed by atoms with Gasteiger partial charge in [0.25, 0.3) is 0 Å². The lowest BCUT2D eigenvalue weighted by molar-refractivity contribution is -0.130. The van der Waals surface area contributed by atoms with Gasteiger partial charge >= 0.3 is 0 Å². The summed E-state index contributed by atoms with van der Waals surface area (Å²) in [5, 5.41) is 10.8. The first-order valence-corrected chi connectivity index (χ1v) is 8.92. The van der Waals surface area contributed by atoms with Gasteiger partial charge in [-0.15, -0.1) is 0 Å². The Balaban J connectivity index is 1.71. The van der Waals surface area contributed by atoms with E-state index in [1.54, 1.807) is 37.2 Å². The molecule has 1 saturated heterocycles. The first kappa shape index (κ1) is 19.7. The number of para-hydroxylation sites is 1. The van der Waals surface area contributed by atoms with E-state index in [2.05, 4.69) is 4.90 Å². The fraction of sp³-hybridized carbons (Fsp3) is 0.632. The second kappa shape index (κ2) is 9.15. The maximum Gasteiger partial charge on any atom is 0.222 e. The zero-order valence-corrected chi connectivity index (χ0v) is 15.2. The van der Waals surface area contributed by atoms with Gasteiger partial charge in [0.05, 0.1) is 12.2 Å². The van der Waals surface area contributed by atoms with Crippen LogP contribution in [-0.2, 0) is 4.79 Å². The van der Waals surface area contributed by atoms with Crippen molar-refractivity contribution >= 4 is 5.91 Å². The van der Waals surface area contributed by atoms with Gasteiger partial charge in [-0.05, 0) is 44.4 Å². The SMILES string of the molecule is CN(C)C(=O)CC[C@@]1(O)CCCN(CCCOc2ccccc2F)C1. The number of amides is 1. The van der Waals surface area contributed by atoms with Gasteiger partial charge in [-0.3, -0.25) is 4.79 Å². The Morgan fingerprint density at radius 1 is 1.40 bits per heavy atom. The predicted octanol–water partition coefficient (Wildman–Crippen LogP) is 2.29. The number of piperidine rings is 1. The Bertz CT molecular complexity index is 567. The second-order valence-corrected chi connectivity index (χ2v) is 7.02. The Kier molecular flexibility index (Phi) is 7.20. The number of carbonyl (C=O) groups excluding carboxylic acids is 1. The van der Waals surface area contributed by atoms with Crippen LogP contribution in [0.15, 0.2) is 24.3 Å². The summed E-state index contributed by atoms with van der Waals surface area (Å²) in [6.45, 7) is 2.74. The molecule has 0 bridgehead atoms. The summed E-state index contributed by atoms with van der Waals surface area (Å²) in [4.78, 5) is 15.5. The molecule has 1 N–H and O–H groups in total. The summed E-state index contributed by atoms with van der Waals surface area (Å²) in [5.41, 5.74) is -0.795. The van der Waals surface area contributed by atoms with E-state index in [1.807, 2.05) is 0 Å². The van der Waals surface area contributed by atoms with Crippen molar-refractivity contribution in [1.82, 2.24) is 9.80 Å². The van der Waals surface area contributed by atoms with Gasteiger partial charge in [-0.1, -0.05) is 12.1 Å². The number of nitrogens with zero attached hydrogens (tertiary/aromatic N) is 2. The minimum absolute atomic E-state index is 0.0452. The standard InChI is InChI=1S/C19H29FN2O3/c1-21(2)18(23)9-11-19(24)10-5-12-22(15-19)13-6-14-25-17-8-4-3-7-16(17)20/h3-4,7-8,24H,5-6,9-15H2,1-2H3/t19-/m0/s1. The second-order valence-electron chi connectivity index (χ2n) is 7.02. The molecule has 1 atom stereocenters. The summed E-state index contributed by atoms with van der Waals surface area (Å²) < 4.78 is 19.0. The van der Waals surface area contributed by atoms with E-state index in [9.17, 15) is 14.3 Å². The molecule has 1 heterocycles. The molecule has 1 amide bonds. The van der Waals surface area contributed by atoms with Gasteiger partial charge in [0.15, 0.2) is 11.6 Å². The van der Waals surface area contributed by atoms with Crippen LogP contribution in [0.2, 0.25) is 0 Å². The van der Waals surface area contributed by atoms with Crippen molar-refractivity contribution in [2.75, 3.05) is 40.3 Å². The number of aliphatic hydroxyl groups is 1. The third kappa shape index (κ3) is 6.29. The molecule has 5 nitrogen and oxygen atoms in total. The van der Waals surface area contributed by atoms with E-state index >= 15 is 0 Å². The van der Waals surface area contributed by atoms with E-state index in [4.69, 9.17) is 4.74 Å². The van der Waals surface area contributed by atoms with Crippen molar-refractivity contribution in [3.8, 4) is 5.75 Å². The molecule has 0 aliphatic carbocycles. The number of β-amino-alcohol motifs (C(OH)–C–C–N with tert-alkyl or cyclic N) is 1. The summed E-state index contributed by atoms with van der Waals surface area (Å²) in [6.07, 6.45) is 3.28. The molecule has 1 aliphatic rings. The molecule has 0 radical (unpaired) electrons. The molecule has 0 saturated carbocycles. The number of ether oxygens (including phenoxy) is 1. The largest absolute Gasteiger partial charge is 0.490 e. The molecule has 0 aromatic heterocycles. The Morgan fingerprint density at radius 2 is 2.16 bits per heavy atom. The highest BCUT2D eigenvalue weighted by atomic mass is 19.1. The summed E-state index contributed by atoms with van der Waals surface area (Å²) in [5.74, 6) is -0.0240. The normalized spacial score (nSPS) is 21.1. The Morgan fingerprint density at radius 3 is 2.88 bits per heavy atom. The van der Waals surface area contributed by atoms with Crippen LogP contribution >= 0.6 is 0 Å². The van der Waals surface area contributed by atoms with Gasteiger partial charge in [-0.2, -0.15) is 0 Å². The molecule has 6 heteroatoms. The van der Waals surface area contributed by atoms with Crippen LogP contribution in [0.3, 0.4) is 0 Å². The van der Waals surface area contributed by atoms with Crippen LogP contribution in [-0.4, -0.2) is 66.8 Å². The molecular formula is C19H29FN2O3. The van der Waals surface area contributed by atoms with Crippen molar-refractivity contribution in [3.63, 3.8) is 0 Å². The van der Waals surface area contributed by atoms with Crippen LogP contribution < -0.4 is 4.74 Å². The third-order valence-corrected chi connectivity index (χ3v) is 4.65. The number of benzene rings is 1. The molecule has 1 aliphatic heterocycles. The highest BCUT2D eigenvalue weighted by molar-refractivity contribution is 5.75. The monoisotopic (exact) mass is 352 g/mol. The molecule has 1 fully saturated rings. The van der Waals surface area contributed by atoms with Crippen LogP contribution in [0.25, 0.3) is 0 Å². The number of hydrogen-bond acceptors (Lipinski definition) is 4. The Hall–Kier alpha value is -1.66. The van der Waals surface area contributed by atoms with E-state index in [0.717, 1.165) is 32.4 Å². The predicted molar refractivity (Wildman–Crippen MR) is 95.1 cm³/mol. The van der Waals surface area contributed by atoms with Crippen molar-refractivity contribution in [2.24, 2.45) is 0 Å². The summed E-state index contributed by atoms with van der Waals surface area (Å²) in [7, 11) is 3.46. The van der Waals surface area contributed by atoms with Crippen molar-refractivity contribution < 1.29 is 19.0 Å². The third-order valence-electron chi connectivity index (χ3n) is 4.65. The van der Waals surface area contributed by atoms with Crippen LogP contribution in [0.4, 0.5) is 4.39 Å². The van der Waals surface area contributed by atoms with E-state index < -0.39 is 5.60 Å². The molecule has 25 heavy (non-hydrogen) atoms. The van der Waals surface area contributed by atoms with Crippen LogP contribution in [0.5, 0.6) is 5.75 Å². The minimum atomic E-state index is -0.795. The maximum absolute atomic E-state index is 13.5. The first-order chi connectivity index (χ1) is 11.9. The van der Waals surface area contributed by atoms with Gasteiger partial charge in [0.1, 0.15) is 0 Å². The highest BCUT2D eigenvalue weighted by Gasteiger charge is 2.33. The lowest BCUT2D eigenvalue weighted by Gasteiger charge is -2.39. The fourth-order valence-corrected chi connectivity index (χ4v) is 3.20. The molecule has 2 rings (SSSR count). The molecular weight excluding hydrogens is 323 g/mol. The Labute approximate surface area is 149 Å². The molecule has 1 aromatic rings. The molecule has 140 valence electrons. The number of carbonyl (C=O) groups is 1. The van der Waals surface area contributed by atoms with E-state index in [1.165, 1.54) is 6.07 Å². The van der Waals surface area contributed by atoms with Crippen LogP contribution in [0.1, 0.15) is 32.1 Å². The van der Waals surface area contributed by atoms with E-state index in [-0.39, 0.29) is 17.5 Å². The average Bonchev–Trinajstić information content (AvgIpc) is 2.58. The molecule has 1 aromatic carbocycles. The topological polar surface area (TPSA) is 53.0 Å². The first-order valence-electron chi connectivity index (χ1n) is 8.92. The highest BCUT2D eigenvalue weighted by Crippen LogP contribution is 2.26. The minimum Gasteiger partial charge on any atom is -0.490 e. The van der Waals surface area contributed by atoms with Gasteiger partial charge < -0.3 is 19.6 Å². The quantitative estimate of drug-likeness (QED) is 0.730. The fourth-order valence-electron chi connectivity index (χ4n) is 3.20. The average molecular weight is 352 g/mol. The zero-order valence-electron chi connectivity index (χ0n) is 15.2. The van der Waals surface area contributed by atoms with Gasteiger partial charge in [-0.25, -0.2) is 4.39 Å². The zero-order chi connectivity index (χ0) is 18.3. The lowest BCUT2D eigenvalue weighted by atomic mass is 9.88. The van der Waals surface area contributed by atoms with Crippen LogP contribution in [0, 0.1) is 5.82 Å². The summed E-state index contributed by atoms with van der Waals surface area (Å²) >= 11 is 0. The lowest BCUT2D eigenvalue weighted by Crippen LogP contribution is -2.49. The van der Waals surface area contributed by atoms with Gasteiger partial charge in [0.2, 0.25) is 5.91 Å². The van der Waals surface area contributed by atoms with E-state index in [0.29, 0.717) is 26.0 Å². The number of likely N-dealkylation sites (tertiary alicyclic amines) is 1. The van der Waals surface area contributed by atoms with Crippen molar-refractivity contribution in [3.05, 3.63) is 30.1 Å². The number of hydrogen-bond donors (Lipinski definition) is 1. The van der Waals surface area contributed by atoms with Crippen molar-refractivity contribution in [2.45, 2.75) is 37.7 Å². The molecule has 0 unspecified atom stereocenters. The number of halogens is 1. The molecule has 0 spiro atoms. The van der Waals surface area contributed by atoms with Gasteiger partial charge in [0, 0.05) is 33.6 Å². The van der Waals surface area contributed by atoms with Crippen molar-refractivity contribution in [1.29, 1.82) is 0 Å². The maximum atomic E-state index is 13.5. The number of rotatable bonds is 8.